The molecule has 0 saturated carbocycles. The van der Waals surface area contributed by atoms with Gasteiger partial charge >= 0.3 is 0 Å². The number of amides is 1. The molecule has 0 N–H and O–H groups in total. The zero-order valence-electron chi connectivity index (χ0n) is 16.1. The van der Waals surface area contributed by atoms with Crippen LogP contribution >= 0.6 is 11.8 Å². The van der Waals surface area contributed by atoms with Crippen LogP contribution in [0.3, 0.4) is 0 Å². The third-order valence-corrected chi connectivity index (χ3v) is 5.33. The number of benzene rings is 2. The molecule has 29 heavy (non-hydrogen) atoms. The minimum absolute atomic E-state index is 0.149. The average molecular weight is 412 g/mol. The van der Waals surface area contributed by atoms with Crippen LogP contribution in [-0.4, -0.2) is 47.3 Å². The second kappa shape index (κ2) is 8.44. The maximum atomic E-state index is 13.2. The smallest absolute Gasteiger partial charge is 0.272 e. The number of rotatable bonds is 6. The molecule has 0 saturated heterocycles. The summed E-state index contributed by atoms with van der Waals surface area (Å²) in [5.74, 6) is 2.98. The fraction of sp³-hybridized carbons (Fsp3) is 0.250. The molecule has 0 atom stereocenters. The van der Waals surface area contributed by atoms with Crippen LogP contribution in [0, 0.1) is 0 Å². The zero-order valence-corrected chi connectivity index (χ0v) is 16.9. The van der Waals surface area contributed by atoms with Gasteiger partial charge in [-0.1, -0.05) is 30.0 Å². The van der Waals surface area contributed by atoms with E-state index in [0.717, 1.165) is 5.75 Å². The van der Waals surface area contributed by atoms with E-state index in [-0.39, 0.29) is 12.5 Å². The number of carbonyl (C=O) groups excluding carboxylic acids is 1. The van der Waals surface area contributed by atoms with E-state index in [9.17, 15) is 4.79 Å². The Kier molecular flexibility index (Phi) is 5.57. The highest BCUT2D eigenvalue weighted by atomic mass is 32.2. The molecule has 2 aromatic carbocycles. The predicted molar refractivity (Wildman–Crippen MR) is 108 cm³/mol. The molecule has 0 radical (unpaired) electrons. The quantitative estimate of drug-likeness (QED) is 0.616. The standard InChI is InChI=1S/C20H20N4O4S/c1-26-15-7-5-6-14(12-15)19(25)23-10-11-29-20-22-21-18(24(20)23)13-28-17-9-4-3-8-16(17)27-2/h3-9,12H,10-11,13H2,1-2H3. The van der Waals surface area contributed by atoms with Gasteiger partial charge in [-0.25, -0.2) is 9.69 Å². The average Bonchev–Trinajstić information content (AvgIpc) is 3.20. The number of ether oxygens (including phenoxy) is 3. The summed E-state index contributed by atoms with van der Waals surface area (Å²) in [7, 11) is 3.17. The molecule has 9 heteroatoms. The summed E-state index contributed by atoms with van der Waals surface area (Å²) in [6, 6.07) is 14.5. The number of hydrogen-bond acceptors (Lipinski definition) is 7. The first-order valence-electron chi connectivity index (χ1n) is 9.00. The van der Waals surface area contributed by atoms with Crippen molar-refractivity contribution in [3.05, 3.63) is 59.9 Å². The normalized spacial score (nSPS) is 13.0. The van der Waals surface area contributed by atoms with Crippen molar-refractivity contribution in [3.63, 3.8) is 0 Å². The molecule has 2 heterocycles. The predicted octanol–water partition coefficient (Wildman–Crippen LogP) is 2.76. The van der Waals surface area contributed by atoms with E-state index in [1.807, 2.05) is 24.3 Å². The van der Waals surface area contributed by atoms with Crippen LogP contribution in [0.25, 0.3) is 0 Å². The maximum Gasteiger partial charge on any atom is 0.272 e. The van der Waals surface area contributed by atoms with Crippen LogP contribution in [0.15, 0.2) is 53.7 Å². The zero-order chi connectivity index (χ0) is 20.2. The van der Waals surface area contributed by atoms with Crippen molar-refractivity contribution in [1.82, 2.24) is 14.9 Å². The fourth-order valence-corrected chi connectivity index (χ4v) is 3.89. The Balaban J connectivity index is 1.60. The van der Waals surface area contributed by atoms with Crippen molar-refractivity contribution in [1.29, 1.82) is 0 Å². The molecule has 0 aliphatic carbocycles. The minimum Gasteiger partial charge on any atom is -0.497 e. The first kappa shape index (κ1) is 19.1. The lowest BCUT2D eigenvalue weighted by atomic mass is 10.2. The van der Waals surface area contributed by atoms with Gasteiger partial charge in [-0.15, -0.1) is 10.2 Å². The molecule has 1 aromatic heterocycles. The van der Waals surface area contributed by atoms with E-state index in [1.165, 1.54) is 0 Å². The van der Waals surface area contributed by atoms with Crippen molar-refractivity contribution in [2.24, 2.45) is 0 Å². The van der Waals surface area contributed by atoms with E-state index < -0.39 is 0 Å². The largest absolute Gasteiger partial charge is 0.497 e. The number of thioether (sulfide) groups is 1. The second-order valence-corrected chi connectivity index (χ2v) is 7.22. The van der Waals surface area contributed by atoms with E-state index >= 15 is 0 Å². The van der Waals surface area contributed by atoms with E-state index in [1.54, 1.807) is 59.9 Å². The minimum atomic E-state index is -0.149. The number of para-hydroxylation sites is 2. The van der Waals surface area contributed by atoms with Crippen LogP contribution in [-0.2, 0) is 6.61 Å². The van der Waals surface area contributed by atoms with Gasteiger partial charge in [-0.2, -0.15) is 0 Å². The van der Waals surface area contributed by atoms with Crippen molar-refractivity contribution >= 4 is 17.7 Å². The van der Waals surface area contributed by atoms with Crippen molar-refractivity contribution < 1.29 is 19.0 Å². The molecule has 8 nitrogen and oxygen atoms in total. The van der Waals surface area contributed by atoms with Crippen LogP contribution in [0.5, 0.6) is 17.2 Å². The first-order chi connectivity index (χ1) is 14.2. The summed E-state index contributed by atoms with van der Waals surface area (Å²) >= 11 is 1.55. The number of hydrogen-bond donors (Lipinski definition) is 0. The molecule has 0 bridgehead atoms. The summed E-state index contributed by atoms with van der Waals surface area (Å²) in [5.41, 5.74) is 0.535. The van der Waals surface area contributed by atoms with Gasteiger partial charge in [0.1, 0.15) is 12.4 Å². The molecule has 0 unspecified atom stereocenters. The van der Waals surface area contributed by atoms with Crippen LogP contribution in [0.1, 0.15) is 16.2 Å². The van der Waals surface area contributed by atoms with Gasteiger partial charge in [-0.3, -0.25) is 4.79 Å². The van der Waals surface area contributed by atoms with E-state index in [4.69, 9.17) is 14.2 Å². The molecule has 1 aliphatic rings. The molecular formula is C20H20N4O4S. The third-order valence-electron chi connectivity index (χ3n) is 4.43. The summed E-state index contributed by atoms with van der Waals surface area (Å²) in [5, 5.41) is 10.8. The van der Waals surface area contributed by atoms with Crippen molar-refractivity contribution in [3.8, 4) is 17.2 Å². The number of methoxy groups -OCH3 is 2. The highest BCUT2D eigenvalue weighted by Crippen LogP contribution is 2.28. The Hall–Kier alpha value is -3.20. The van der Waals surface area contributed by atoms with E-state index in [2.05, 4.69) is 10.2 Å². The maximum absolute atomic E-state index is 13.2. The highest BCUT2D eigenvalue weighted by Gasteiger charge is 2.28. The van der Waals surface area contributed by atoms with Crippen LogP contribution in [0.2, 0.25) is 0 Å². The molecule has 0 spiro atoms. The summed E-state index contributed by atoms with van der Waals surface area (Å²) in [6.07, 6.45) is 0. The Morgan fingerprint density at radius 1 is 1.07 bits per heavy atom. The summed E-state index contributed by atoms with van der Waals surface area (Å²) < 4.78 is 18.2. The lowest BCUT2D eigenvalue weighted by Crippen LogP contribution is -2.45. The number of nitrogens with zero attached hydrogens (tertiary/aromatic N) is 4. The summed E-state index contributed by atoms with van der Waals surface area (Å²) in [4.78, 5) is 13.2. The Morgan fingerprint density at radius 2 is 1.90 bits per heavy atom. The van der Waals surface area contributed by atoms with Gasteiger partial charge in [0.05, 0.1) is 20.8 Å². The van der Waals surface area contributed by atoms with Gasteiger partial charge in [0.15, 0.2) is 17.3 Å². The Bertz CT molecular complexity index is 1020. The topological polar surface area (TPSA) is 78.7 Å². The van der Waals surface area contributed by atoms with Gasteiger partial charge in [0.2, 0.25) is 5.16 Å². The number of fused-ring (bicyclic) bond motifs is 1. The molecule has 150 valence electrons. The highest BCUT2D eigenvalue weighted by molar-refractivity contribution is 7.99. The first-order valence-corrected chi connectivity index (χ1v) is 9.99. The Morgan fingerprint density at radius 3 is 2.69 bits per heavy atom. The lowest BCUT2D eigenvalue weighted by molar-refractivity contribution is 0.0952. The molecule has 4 rings (SSSR count). The van der Waals surface area contributed by atoms with Gasteiger partial charge < -0.3 is 14.2 Å². The second-order valence-electron chi connectivity index (χ2n) is 6.16. The molecule has 1 aliphatic heterocycles. The number of carbonyl (C=O) groups is 1. The number of aromatic nitrogens is 3. The SMILES string of the molecule is COc1cccc(C(=O)N2CCSc3nnc(COc4ccccc4OC)n32)c1. The van der Waals surface area contributed by atoms with Gasteiger partial charge in [0.25, 0.3) is 5.91 Å². The molecular weight excluding hydrogens is 392 g/mol. The lowest BCUT2D eigenvalue weighted by Gasteiger charge is -2.29. The third kappa shape index (κ3) is 3.86. The fourth-order valence-electron chi connectivity index (χ4n) is 3.02. The van der Waals surface area contributed by atoms with Gasteiger partial charge in [0, 0.05) is 11.3 Å². The molecule has 3 aromatic rings. The van der Waals surface area contributed by atoms with Crippen molar-refractivity contribution in [2.75, 3.05) is 31.5 Å². The Labute approximate surface area is 172 Å². The van der Waals surface area contributed by atoms with Crippen LogP contribution < -0.4 is 19.2 Å². The van der Waals surface area contributed by atoms with Gasteiger partial charge in [-0.05, 0) is 30.3 Å². The van der Waals surface area contributed by atoms with Crippen molar-refractivity contribution in [2.45, 2.75) is 11.8 Å². The molecule has 0 fully saturated rings. The van der Waals surface area contributed by atoms with Crippen LogP contribution in [0.4, 0.5) is 0 Å². The molecule has 1 amide bonds. The summed E-state index contributed by atoms with van der Waals surface area (Å²) in [6.45, 7) is 0.684. The van der Waals surface area contributed by atoms with E-state index in [0.29, 0.717) is 40.3 Å². The monoisotopic (exact) mass is 412 g/mol.